The van der Waals surface area contributed by atoms with E-state index in [0.29, 0.717) is 37.2 Å². The van der Waals surface area contributed by atoms with E-state index in [1.54, 1.807) is 12.4 Å². The van der Waals surface area contributed by atoms with E-state index in [1.807, 2.05) is 54.1 Å². The number of ether oxygens (including phenoxy) is 2. The lowest BCUT2D eigenvalue weighted by molar-refractivity contribution is -0.00115. The number of pyridine rings is 1. The van der Waals surface area contributed by atoms with E-state index in [-0.39, 0.29) is 6.10 Å². The highest BCUT2D eigenvalue weighted by atomic mass is 16.5. The SMILES string of the molecule is CCOc1ccc([C@H]2Cn3nc(-c4nc(-c5ccncc5)no4)cc3CO2)cc1. The topological polar surface area (TPSA) is 88.1 Å². The van der Waals surface area contributed by atoms with Gasteiger partial charge in [0.1, 0.15) is 11.9 Å². The summed E-state index contributed by atoms with van der Waals surface area (Å²) in [5.41, 5.74) is 3.56. The van der Waals surface area contributed by atoms with E-state index in [2.05, 4.69) is 20.2 Å². The fourth-order valence-electron chi connectivity index (χ4n) is 3.32. The molecular weight excluding hydrogens is 370 g/mol. The molecule has 0 bridgehead atoms. The molecule has 0 amide bonds. The van der Waals surface area contributed by atoms with Gasteiger partial charge in [0, 0.05) is 18.0 Å². The van der Waals surface area contributed by atoms with Crippen molar-refractivity contribution in [3.05, 3.63) is 66.1 Å². The Morgan fingerprint density at radius 2 is 1.97 bits per heavy atom. The van der Waals surface area contributed by atoms with Crippen molar-refractivity contribution >= 4 is 0 Å². The standard InChI is InChI=1S/C21H19N5O3/c1-2-27-17-5-3-14(4-6-17)19-12-26-16(13-28-19)11-18(24-26)21-23-20(25-29-21)15-7-9-22-10-8-15/h3-11,19H,2,12-13H2,1H3/t19-/m1/s1. The maximum Gasteiger partial charge on any atom is 0.278 e. The summed E-state index contributed by atoms with van der Waals surface area (Å²) in [5, 5.41) is 8.70. The van der Waals surface area contributed by atoms with Gasteiger partial charge in [-0.15, -0.1) is 0 Å². The van der Waals surface area contributed by atoms with Gasteiger partial charge in [0.15, 0.2) is 5.69 Å². The highest BCUT2D eigenvalue weighted by Crippen LogP contribution is 2.30. The zero-order chi connectivity index (χ0) is 19.6. The Bertz CT molecular complexity index is 1110. The summed E-state index contributed by atoms with van der Waals surface area (Å²) in [5.74, 6) is 1.75. The van der Waals surface area contributed by atoms with Gasteiger partial charge in [0.25, 0.3) is 5.89 Å². The zero-order valence-corrected chi connectivity index (χ0v) is 15.9. The predicted octanol–water partition coefficient (Wildman–Crippen LogP) is 3.67. The van der Waals surface area contributed by atoms with Crippen molar-refractivity contribution < 1.29 is 14.0 Å². The number of hydrogen-bond acceptors (Lipinski definition) is 7. The molecule has 1 aromatic carbocycles. The molecule has 5 rings (SSSR count). The number of hydrogen-bond donors (Lipinski definition) is 0. The summed E-state index contributed by atoms with van der Waals surface area (Å²) < 4.78 is 18.9. The van der Waals surface area contributed by atoms with Gasteiger partial charge in [-0.25, -0.2) is 0 Å². The second-order valence-corrected chi connectivity index (χ2v) is 6.66. The fraction of sp³-hybridized carbons (Fsp3) is 0.238. The molecule has 1 aliphatic heterocycles. The molecule has 1 atom stereocenters. The second kappa shape index (κ2) is 7.48. The van der Waals surface area contributed by atoms with Crippen LogP contribution in [0.4, 0.5) is 0 Å². The molecule has 0 N–H and O–H groups in total. The molecular formula is C21H19N5O3. The van der Waals surface area contributed by atoms with Gasteiger partial charge >= 0.3 is 0 Å². The van der Waals surface area contributed by atoms with E-state index < -0.39 is 0 Å². The molecule has 0 saturated carbocycles. The Morgan fingerprint density at radius 1 is 1.14 bits per heavy atom. The van der Waals surface area contributed by atoms with Crippen LogP contribution >= 0.6 is 0 Å². The van der Waals surface area contributed by atoms with E-state index in [0.717, 1.165) is 22.6 Å². The normalized spacial score (nSPS) is 15.8. The molecule has 4 aromatic rings. The quantitative estimate of drug-likeness (QED) is 0.515. The van der Waals surface area contributed by atoms with Crippen molar-refractivity contribution in [1.82, 2.24) is 24.9 Å². The van der Waals surface area contributed by atoms with Crippen molar-refractivity contribution in [3.8, 4) is 28.7 Å². The molecule has 0 fully saturated rings. The van der Waals surface area contributed by atoms with Gasteiger partial charge in [-0.1, -0.05) is 17.3 Å². The molecule has 29 heavy (non-hydrogen) atoms. The maximum atomic E-state index is 6.04. The van der Waals surface area contributed by atoms with Crippen LogP contribution in [-0.4, -0.2) is 31.5 Å². The van der Waals surface area contributed by atoms with E-state index in [1.165, 1.54) is 0 Å². The lowest BCUT2D eigenvalue weighted by Gasteiger charge is -2.24. The molecule has 0 radical (unpaired) electrons. The van der Waals surface area contributed by atoms with E-state index >= 15 is 0 Å². The lowest BCUT2D eigenvalue weighted by Crippen LogP contribution is -2.21. The Hall–Kier alpha value is -3.52. The van der Waals surface area contributed by atoms with Gasteiger partial charge in [0.05, 0.1) is 25.5 Å². The van der Waals surface area contributed by atoms with Crippen LogP contribution in [0.25, 0.3) is 23.0 Å². The number of benzene rings is 1. The van der Waals surface area contributed by atoms with Gasteiger partial charge < -0.3 is 14.0 Å². The van der Waals surface area contributed by atoms with Crippen molar-refractivity contribution in [2.75, 3.05) is 6.61 Å². The first-order valence-corrected chi connectivity index (χ1v) is 9.45. The minimum absolute atomic E-state index is 0.0685. The van der Waals surface area contributed by atoms with Gasteiger partial charge in [-0.3, -0.25) is 9.67 Å². The van der Waals surface area contributed by atoms with Crippen LogP contribution < -0.4 is 4.74 Å². The van der Waals surface area contributed by atoms with Crippen LogP contribution in [0, 0.1) is 0 Å². The van der Waals surface area contributed by atoms with Gasteiger partial charge in [-0.2, -0.15) is 10.1 Å². The summed E-state index contributed by atoms with van der Waals surface area (Å²) in [6, 6.07) is 13.6. The van der Waals surface area contributed by atoms with Gasteiger partial charge in [0.2, 0.25) is 5.82 Å². The van der Waals surface area contributed by atoms with Crippen LogP contribution in [-0.2, 0) is 17.9 Å². The summed E-state index contributed by atoms with van der Waals surface area (Å²) in [4.78, 5) is 8.47. The Balaban J connectivity index is 1.35. The summed E-state index contributed by atoms with van der Waals surface area (Å²) in [6.45, 7) is 3.71. The molecule has 0 spiro atoms. The minimum Gasteiger partial charge on any atom is -0.494 e. The average molecular weight is 389 g/mol. The van der Waals surface area contributed by atoms with Crippen molar-refractivity contribution in [1.29, 1.82) is 0 Å². The highest BCUT2D eigenvalue weighted by molar-refractivity contribution is 5.57. The number of aromatic nitrogens is 5. The van der Waals surface area contributed by atoms with Gasteiger partial charge in [-0.05, 0) is 42.8 Å². The fourth-order valence-corrected chi connectivity index (χ4v) is 3.32. The third-order valence-corrected chi connectivity index (χ3v) is 4.78. The number of fused-ring (bicyclic) bond motifs is 1. The van der Waals surface area contributed by atoms with Crippen LogP contribution in [0.2, 0.25) is 0 Å². The molecule has 8 nitrogen and oxygen atoms in total. The molecule has 1 aliphatic rings. The molecule has 4 heterocycles. The van der Waals surface area contributed by atoms with Crippen LogP contribution in [0.3, 0.4) is 0 Å². The molecule has 8 heteroatoms. The van der Waals surface area contributed by atoms with Crippen LogP contribution in [0.1, 0.15) is 24.3 Å². The first-order valence-electron chi connectivity index (χ1n) is 9.45. The predicted molar refractivity (Wildman–Crippen MR) is 104 cm³/mol. The van der Waals surface area contributed by atoms with Crippen molar-refractivity contribution in [2.24, 2.45) is 0 Å². The average Bonchev–Trinajstić information content (AvgIpc) is 3.42. The third kappa shape index (κ3) is 3.50. The lowest BCUT2D eigenvalue weighted by atomic mass is 10.1. The zero-order valence-electron chi connectivity index (χ0n) is 15.9. The number of nitrogens with zero attached hydrogens (tertiary/aromatic N) is 5. The Labute approximate surface area is 167 Å². The minimum atomic E-state index is -0.0685. The monoisotopic (exact) mass is 389 g/mol. The first-order chi connectivity index (χ1) is 14.3. The van der Waals surface area contributed by atoms with Crippen molar-refractivity contribution in [2.45, 2.75) is 26.2 Å². The molecule has 0 saturated heterocycles. The molecule has 3 aromatic heterocycles. The van der Waals surface area contributed by atoms with Crippen molar-refractivity contribution in [3.63, 3.8) is 0 Å². The largest absolute Gasteiger partial charge is 0.494 e. The van der Waals surface area contributed by atoms with Crippen LogP contribution in [0.15, 0.2) is 59.4 Å². The molecule has 0 unspecified atom stereocenters. The molecule has 146 valence electrons. The summed E-state index contributed by atoms with van der Waals surface area (Å²) in [7, 11) is 0. The Kier molecular flexibility index (Phi) is 4.53. The smallest absolute Gasteiger partial charge is 0.278 e. The van der Waals surface area contributed by atoms with E-state index in [4.69, 9.17) is 14.0 Å². The highest BCUT2D eigenvalue weighted by Gasteiger charge is 2.24. The Morgan fingerprint density at radius 3 is 2.76 bits per heavy atom. The molecule has 0 aliphatic carbocycles. The second-order valence-electron chi connectivity index (χ2n) is 6.66. The van der Waals surface area contributed by atoms with Crippen LogP contribution in [0.5, 0.6) is 5.75 Å². The third-order valence-electron chi connectivity index (χ3n) is 4.78. The maximum absolute atomic E-state index is 6.04. The first kappa shape index (κ1) is 17.6. The van der Waals surface area contributed by atoms with E-state index in [9.17, 15) is 0 Å². The number of rotatable bonds is 5. The summed E-state index contributed by atoms with van der Waals surface area (Å²) >= 11 is 0. The summed E-state index contributed by atoms with van der Waals surface area (Å²) in [6.07, 6.45) is 3.32.